The Bertz CT molecular complexity index is 1490. The molecule has 0 saturated heterocycles. The van der Waals surface area contributed by atoms with Crippen LogP contribution in [0.1, 0.15) is 49.2 Å². The van der Waals surface area contributed by atoms with Crippen LogP contribution in [0.15, 0.2) is 78.9 Å². The van der Waals surface area contributed by atoms with E-state index >= 15 is 0 Å². The van der Waals surface area contributed by atoms with Crippen molar-refractivity contribution < 1.29 is 27.2 Å². The summed E-state index contributed by atoms with van der Waals surface area (Å²) in [6.07, 6.45) is 1.13. The number of rotatable bonds is 11. The minimum absolute atomic E-state index is 0.0702. The van der Waals surface area contributed by atoms with Crippen LogP contribution in [0.3, 0.4) is 0 Å². The first-order valence-electron chi connectivity index (χ1n) is 13.1. The highest BCUT2D eigenvalue weighted by Gasteiger charge is 2.34. The van der Waals surface area contributed by atoms with Gasteiger partial charge in [0.2, 0.25) is 21.8 Å². The van der Waals surface area contributed by atoms with Gasteiger partial charge in [0.25, 0.3) is 0 Å². The molecule has 2 amide bonds. The molecule has 0 aliphatic carbocycles. The molecule has 3 aromatic carbocycles. The van der Waals surface area contributed by atoms with Crippen molar-refractivity contribution in [1.82, 2.24) is 10.2 Å². The van der Waals surface area contributed by atoms with Crippen LogP contribution in [0.2, 0.25) is 0 Å². The zero-order chi connectivity index (χ0) is 30.4. The molecule has 0 aliphatic heterocycles. The molecule has 10 heteroatoms. The van der Waals surface area contributed by atoms with Gasteiger partial charge in [0.1, 0.15) is 18.4 Å². The van der Waals surface area contributed by atoms with Crippen LogP contribution < -0.4 is 9.62 Å². The average molecular weight is 582 g/mol. The first kappa shape index (κ1) is 31.5. The number of sulfonamides is 1. The topological polar surface area (TPSA) is 104 Å². The third-order valence-corrected chi connectivity index (χ3v) is 7.40. The lowest BCUT2D eigenvalue weighted by Gasteiger charge is -2.35. The Balaban J connectivity index is 2.09. The number of hydrogen-bond acceptors (Lipinski definition) is 5. The molecular formula is C31H36FN3O5S. The Morgan fingerprint density at radius 3 is 2.10 bits per heavy atom. The quantitative estimate of drug-likeness (QED) is 0.339. The highest BCUT2D eigenvalue weighted by molar-refractivity contribution is 7.92. The zero-order valence-corrected chi connectivity index (χ0v) is 24.7. The van der Waals surface area contributed by atoms with Crippen molar-refractivity contribution in [2.24, 2.45) is 0 Å². The van der Waals surface area contributed by atoms with Crippen molar-refractivity contribution in [3.63, 3.8) is 0 Å². The Morgan fingerprint density at radius 1 is 0.902 bits per heavy atom. The zero-order valence-electron chi connectivity index (χ0n) is 23.9. The number of carbonyl (C=O) groups is 3. The predicted octanol–water partition coefficient (Wildman–Crippen LogP) is 4.35. The van der Waals surface area contributed by atoms with Crippen LogP contribution >= 0.6 is 0 Å². The molecule has 3 aromatic rings. The number of amides is 2. The number of nitrogens with one attached hydrogen (secondary N) is 1. The first-order valence-corrected chi connectivity index (χ1v) is 15.0. The number of Topliss-reactive ketones (excluding diaryl/α,β-unsaturated/α-hetero) is 1. The van der Waals surface area contributed by atoms with E-state index < -0.39 is 45.8 Å². The number of carbonyl (C=O) groups excluding carboxylic acids is 3. The first-order chi connectivity index (χ1) is 19.1. The van der Waals surface area contributed by atoms with E-state index in [1.165, 1.54) is 48.2 Å². The summed E-state index contributed by atoms with van der Waals surface area (Å²) >= 11 is 0. The van der Waals surface area contributed by atoms with Crippen LogP contribution in [0.25, 0.3) is 0 Å². The standard InChI is InChI=1S/C31H36FN3O5S/c1-22(36)25-12-9-13-27(19-25)35(41(5,39)40)21-29(37)34(20-24-14-16-26(32)17-15-24)28(30(38)33-31(2,3)4)18-23-10-7-6-8-11-23/h6-17,19,28H,18,20-21H2,1-5H3,(H,33,38)/t28-/m0/s1. The van der Waals surface area contributed by atoms with Crippen LogP contribution in [-0.2, 0) is 32.6 Å². The van der Waals surface area contributed by atoms with E-state index in [4.69, 9.17) is 0 Å². The molecule has 0 aliphatic rings. The van der Waals surface area contributed by atoms with Gasteiger partial charge in [-0.2, -0.15) is 0 Å². The third-order valence-electron chi connectivity index (χ3n) is 6.26. The summed E-state index contributed by atoms with van der Waals surface area (Å²) in [5, 5.41) is 2.94. The molecular weight excluding hydrogens is 545 g/mol. The second-order valence-corrected chi connectivity index (χ2v) is 12.9. The summed E-state index contributed by atoms with van der Waals surface area (Å²) in [5.41, 5.74) is 1.19. The summed E-state index contributed by atoms with van der Waals surface area (Å²) in [5.74, 6) is -1.77. The smallest absolute Gasteiger partial charge is 0.244 e. The van der Waals surface area contributed by atoms with Gasteiger partial charge in [0.05, 0.1) is 11.9 Å². The molecule has 1 N–H and O–H groups in total. The predicted molar refractivity (Wildman–Crippen MR) is 157 cm³/mol. The van der Waals surface area contributed by atoms with E-state index in [1.54, 1.807) is 12.1 Å². The number of halogens is 1. The number of nitrogens with zero attached hydrogens (tertiary/aromatic N) is 2. The molecule has 0 bridgehead atoms. The van der Waals surface area contributed by atoms with Crippen LogP contribution in [0.4, 0.5) is 10.1 Å². The van der Waals surface area contributed by atoms with Crippen LogP contribution in [-0.4, -0.2) is 55.3 Å². The average Bonchev–Trinajstić information content (AvgIpc) is 2.89. The molecule has 1 atom stereocenters. The molecule has 0 radical (unpaired) electrons. The molecule has 41 heavy (non-hydrogen) atoms. The summed E-state index contributed by atoms with van der Waals surface area (Å²) in [4.78, 5) is 41.0. The van der Waals surface area contributed by atoms with Crippen LogP contribution in [0.5, 0.6) is 0 Å². The molecule has 218 valence electrons. The van der Waals surface area contributed by atoms with Gasteiger partial charge in [-0.1, -0.05) is 54.6 Å². The van der Waals surface area contributed by atoms with Crippen molar-refractivity contribution in [3.8, 4) is 0 Å². The van der Waals surface area contributed by atoms with Gasteiger partial charge in [0.15, 0.2) is 5.78 Å². The lowest BCUT2D eigenvalue weighted by Crippen LogP contribution is -2.56. The molecule has 0 saturated carbocycles. The van der Waals surface area contributed by atoms with Crippen molar-refractivity contribution in [2.45, 2.75) is 52.2 Å². The van der Waals surface area contributed by atoms with E-state index in [1.807, 2.05) is 51.1 Å². The molecule has 8 nitrogen and oxygen atoms in total. The lowest BCUT2D eigenvalue weighted by molar-refractivity contribution is -0.140. The number of ketones is 1. The van der Waals surface area contributed by atoms with Gasteiger partial charge >= 0.3 is 0 Å². The van der Waals surface area contributed by atoms with Crippen LogP contribution in [0, 0.1) is 5.82 Å². The van der Waals surface area contributed by atoms with Gasteiger partial charge in [-0.25, -0.2) is 12.8 Å². The highest BCUT2D eigenvalue weighted by Crippen LogP contribution is 2.22. The van der Waals surface area contributed by atoms with Crippen molar-refractivity contribution in [2.75, 3.05) is 17.1 Å². The Morgan fingerprint density at radius 2 is 1.54 bits per heavy atom. The van der Waals surface area contributed by atoms with E-state index in [2.05, 4.69) is 5.32 Å². The molecule has 0 unspecified atom stereocenters. The van der Waals surface area contributed by atoms with E-state index in [0.717, 1.165) is 16.1 Å². The van der Waals surface area contributed by atoms with Crippen molar-refractivity contribution in [3.05, 3.63) is 101 Å². The van der Waals surface area contributed by atoms with Gasteiger partial charge in [0, 0.05) is 24.1 Å². The Hall–Kier alpha value is -4.05. The number of anilines is 1. The molecule has 0 fully saturated rings. The van der Waals surface area contributed by atoms with E-state index in [-0.39, 0.29) is 24.4 Å². The van der Waals surface area contributed by atoms with Crippen molar-refractivity contribution >= 4 is 33.3 Å². The lowest BCUT2D eigenvalue weighted by atomic mass is 10.0. The fourth-order valence-corrected chi connectivity index (χ4v) is 5.13. The second-order valence-electron chi connectivity index (χ2n) is 11.0. The maximum atomic E-state index is 14.1. The van der Waals surface area contributed by atoms with Crippen molar-refractivity contribution in [1.29, 1.82) is 0 Å². The summed E-state index contributed by atoms with van der Waals surface area (Å²) in [6, 6.07) is 19.7. The maximum absolute atomic E-state index is 14.1. The summed E-state index contributed by atoms with van der Waals surface area (Å²) in [6.45, 7) is 6.15. The molecule has 0 heterocycles. The molecule has 3 rings (SSSR count). The van der Waals surface area contributed by atoms with E-state index in [9.17, 15) is 27.2 Å². The molecule has 0 aromatic heterocycles. The van der Waals surface area contributed by atoms with Gasteiger partial charge < -0.3 is 10.2 Å². The second kappa shape index (κ2) is 13.1. The summed E-state index contributed by atoms with van der Waals surface area (Å²) in [7, 11) is -3.98. The fourth-order valence-electron chi connectivity index (χ4n) is 4.29. The minimum atomic E-state index is -3.98. The monoisotopic (exact) mass is 581 g/mol. The van der Waals surface area contributed by atoms with E-state index in [0.29, 0.717) is 11.1 Å². The maximum Gasteiger partial charge on any atom is 0.244 e. The number of hydrogen-bond donors (Lipinski definition) is 1. The third kappa shape index (κ3) is 9.24. The molecule has 0 spiro atoms. The Labute approximate surface area is 241 Å². The highest BCUT2D eigenvalue weighted by atomic mass is 32.2. The van der Waals surface area contributed by atoms with Gasteiger partial charge in [-0.3, -0.25) is 18.7 Å². The number of benzene rings is 3. The summed E-state index contributed by atoms with van der Waals surface area (Å²) < 4.78 is 40.4. The normalized spacial score (nSPS) is 12.3. The Kier molecular flexibility index (Phi) is 10.0. The SMILES string of the molecule is CC(=O)c1cccc(N(CC(=O)N(Cc2ccc(F)cc2)[C@@H](Cc2ccccc2)C(=O)NC(C)(C)C)S(C)(=O)=O)c1. The van der Waals surface area contributed by atoms with Gasteiger partial charge in [-0.05, 0) is 63.1 Å². The van der Waals surface area contributed by atoms with Gasteiger partial charge in [-0.15, -0.1) is 0 Å². The fraction of sp³-hybridized carbons (Fsp3) is 0.323. The minimum Gasteiger partial charge on any atom is -0.350 e. The largest absolute Gasteiger partial charge is 0.350 e.